The van der Waals surface area contributed by atoms with Crippen molar-refractivity contribution in [2.24, 2.45) is 5.73 Å². The second kappa shape index (κ2) is 6.83. The summed E-state index contributed by atoms with van der Waals surface area (Å²) in [4.78, 5) is 11.1. The minimum atomic E-state index is -4.79. The molecule has 0 aliphatic heterocycles. The van der Waals surface area contributed by atoms with Crippen LogP contribution in [0.4, 0.5) is 13.2 Å². The van der Waals surface area contributed by atoms with Crippen molar-refractivity contribution in [3.63, 3.8) is 0 Å². The van der Waals surface area contributed by atoms with Crippen LogP contribution in [0.3, 0.4) is 0 Å². The molecule has 0 spiro atoms. The fourth-order valence-electron chi connectivity index (χ4n) is 1.14. The number of esters is 1. The van der Waals surface area contributed by atoms with Gasteiger partial charge in [-0.2, -0.15) is 13.2 Å². The highest BCUT2D eigenvalue weighted by molar-refractivity contribution is 5.81. The van der Waals surface area contributed by atoms with E-state index >= 15 is 0 Å². The Morgan fingerprint density at radius 1 is 1.18 bits per heavy atom. The minimum Gasteiger partial charge on any atom is -0.464 e. The molecule has 1 atom stereocenters. The molecule has 0 aromatic heterocycles. The van der Waals surface area contributed by atoms with Crippen molar-refractivity contribution in [2.45, 2.75) is 57.7 Å². The first kappa shape index (κ1) is 16.2. The van der Waals surface area contributed by atoms with E-state index in [9.17, 15) is 18.0 Å². The standard InChI is InChI=1S/C11H20F3NO2/c1-3-4-5-6-7-8-17-9(16)10(2,15)11(12,13)14/h3-8,15H2,1-2H3. The third-order valence-corrected chi connectivity index (χ3v) is 2.49. The summed E-state index contributed by atoms with van der Waals surface area (Å²) >= 11 is 0. The Labute approximate surface area is 99.5 Å². The Kier molecular flexibility index (Phi) is 6.52. The van der Waals surface area contributed by atoms with E-state index in [1.165, 1.54) is 0 Å². The van der Waals surface area contributed by atoms with Crippen LogP contribution in [0.15, 0.2) is 0 Å². The number of carbonyl (C=O) groups excluding carboxylic acids is 1. The highest BCUT2D eigenvalue weighted by atomic mass is 19.4. The summed E-state index contributed by atoms with van der Waals surface area (Å²) in [7, 11) is 0. The Bertz CT molecular complexity index is 239. The number of alkyl halides is 3. The number of carbonyl (C=O) groups is 1. The van der Waals surface area contributed by atoms with Gasteiger partial charge in [0, 0.05) is 0 Å². The molecule has 6 heteroatoms. The van der Waals surface area contributed by atoms with E-state index in [1.54, 1.807) is 0 Å². The Balaban J connectivity index is 3.87. The minimum absolute atomic E-state index is 0.00851. The van der Waals surface area contributed by atoms with Gasteiger partial charge in [0.25, 0.3) is 0 Å². The summed E-state index contributed by atoms with van der Waals surface area (Å²) in [5.41, 5.74) is 1.98. The third kappa shape index (κ3) is 5.39. The maximum absolute atomic E-state index is 12.3. The number of halogens is 3. The van der Waals surface area contributed by atoms with Gasteiger partial charge in [0.2, 0.25) is 5.54 Å². The zero-order chi connectivity index (χ0) is 13.5. The summed E-state index contributed by atoms with van der Waals surface area (Å²) in [6.07, 6.45) is -0.229. The van der Waals surface area contributed by atoms with E-state index in [2.05, 4.69) is 11.7 Å². The number of ether oxygens (including phenoxy) is 1. The van der Waals surface area contributed by atoms with Crippen molar-refractivity contribution in [3.05, 3.63) is 0 Å². The van der Waals surface area contributed by atoms with Crippen molar-refractivity contribution < 1.29 is 22.7 Å². The summed E-state index contributed by atoms with van der Waals surface area (Å²) in [6, 6.07) is 0. The van der Waals surface area contributed by atoms with Gasteiger partial charge in [-0.15, -0.1) is 0 Å². The zero-order valence-corrected chi connectivity index (χ0v) is 10.3. The number of rotatable bonds is 7. The Morgan fingerprint density at radius 2 is 1.71 bits per heavy atom. The topological polar surface area (TPSA) is 52.3 Å². The highest BCUT2D eigenvalue weighted by Crippen LogP contribution is 2.28. The monoisotopic (exact) mass is 255 g/mol. The van der Waals surface area contributed by atoms with Gasteiger partial charge in [-0.3, -0.25) is 0 Å². The molecule has 1 unspecified atom stereocenters. The van der Waals surface area contributed by atoms with E-state index in [0.29, 0.717) is 13.3 Å². The van der Waals surface area contributed by atoms with Crippen molar-refractivity contribution in [1.82, 2.24) is 0 Å². The second-order valence-corrected chi connectivity index (χ2v) is 4.25. The smallest absolute Gasteiger partial charge is 0.416 e. The normalized spacial score (nSPS) is 15.4. The molecule has 0 bridgehead atoms. The zero-order valence-electron chi connectivity index (χ0n) is 10.3. The fraction of sp³-hybridized carbons (Fsp3) is 0.909. The summed E-state index contributed by atoms with van der Waals surface area (Å²) in [5.74, 6) is -1.42. The maximum Gasteiger partial charge on any atom is 0.416 e. The number of nitrogens with two attached hydrogens (primary N) is 1. The molecule has 0 aromatic rings. The molecule has 0 aliphatic carbocycles. The van der Waals surface area contributed by atoms with Gasteiger partial charge >= 0.3 is 12.1 Å². The quantitative estimate of drug-likeness (QED) is 0.562. The van der Waals surface area contributed by atoms with Gasteiger partial charge in [-0.1, -0.05) is 32.6 Å². The molecule has 0 aromatic carbocycles. The predicted molar refractivity (Wildman–Crippen MR) is 58.4 cm³/mol. The average molecular weight is 255 g/mol. The second-order valence-electron chi connectivity index (χ2n) is 4.25. The van der Waals surface area contributed by atoms with E-state index in [0.717, 1.165) is 25.7 Å². The van der Waals surface area contributed by atoms with Crippen LogP contribution < -0.4 is 5.73 Å². The van der Waals surface area contributed by atoms with Crippen LogP contribution in [-0.2, 0) is 9.53 Å². The molecule has 3 nitrogen and oxygen atoms in total. The Morgan fingerprint density at radius 3 is 2.18 bits per heavy atom. The first-order valence-electron chi connectivity index (χ1n) is 5.76. The first-order valence-corrected chi connectivity index (χ1v) is 5.76. The molecule has 17 heavy (non-hydrogen) atoms. The molecular formula is C11H20F3NO2. The number of unbranched alkanes of at least 4 members (excludes halogenated alkanes) is 4. The van der Waals surface area contributed by atoms with Gasteiger partial charge in [0.05, 0.1) is 6.61 Å². The van der Waals surface area contributed by atoms with E-state index in [4.69, 9.17) is 5.73 Å². The van der Waals surface area contributed by atoms with Crippen LogP contribution in [0.1, 0.15) is 46.0 Å². The predicted octanol–water partition coefficient (Wildman–Crippen LogP) is 2.78. The summed E-state index contributed by atoms with van der Waals surface area (Å²) in [6.45, 7) is 2.67. The molecular weight excluding hydrogens is 235 g/mol. The van der Waals surface area contributed by atoms with Crippen LogP contribution in [0.5, 0.6) is 0 Å². The summed E-state index contributed by atoms with van der Waals surface area (Å²) < 4.78 is 41.5. The molecule has 102 valence electrons. The van der Waals surface area contributed by atoms with E-state index in [-0.39, 0.29) is 6.61 Å². The van der Waals surface area contributed by atoms with Crippen molar-refractivity contribution in [1.29, 1.82) is 0 Å². The lowest BCUT2D eigenvalue weighted by Gasteiger charge is -2.25. The van der Waals surface area contributed by atoms with E-state index < -0.39 is 17.7 Å². The SMILES string of the molecule is CCCCCCCOC(=O)C(C)(N)C(F)(F)F. The highest BCUT2D eigenvalue weighted by Gasteiger charge is 2.55. The van der Waals surface area contributed by atoms with Crippen LogP contribution in [0.25, 0.3) is 0 Å². The summed E-state index contributed by atoms with van der Waals surface area (Å²) in [5, 5.41) is 0. The van der Waals surface area contributed by atoms with Crippen molar-refractivity contribution in [2.75, 3.05) is 6.61 Å². The molecule has 0 saturated heterocycles. The number of hydrogen-bond donors (Lipinski definition) is 1. The maximum atomic E-state index is 12.3. The average Bonchev–Trinajstić information content (AvgIpc) is 2.21. The molecule has 0 fully saturated rings. The van der Waals surface area contributed by atoms with Gasteiger partial charge in [0.15, 0.2) is 0 Å². The fourth-order valence-corrected chi connectivity index (χ4v) is 1.14. The lowest BCUT2D eigenvalue weighted by molar-refractivity contribution is -0.202. The molecule has 0 heterocycles. The van der Waals surface area contributed by atoms with Gasteiger partial charge in [-0.25, -0.2) is 4.79 Å². The third-order valence-electron chi connectivity index (χ3n) is 2.49. The lowest BCUT2D eigenvalue weighted by atomic mass is 10.0. The van der Waals surface area contributed by atoms with Crippen molar-refractivity contribution in [3.8, 4) is 0 Å². The number of hydrogen-bond acceptors (Lipinski definition) is 3. The Hall–Kier alpha value is -0.780. The first-order chi connectivity index (χ1) is 7.73. The molecule has 0 radical (unpaired) electrons. The molecule has 2 N–H and O–H groups in total. The van der Waals surface area contributed by atoms with Gasteiger partial charge in [-0.05, 0) is 13.3 Å². The van der Waals surface area contributed by atoms with Crippen molar-refractivity contribution >= 4 is 5.97 Å². The van der Waals surface area contributed by atoms with Crippen LogP contribution in [0, 0.1) is 0 Å². The van der Waals surface area contributed by atoms with Crippen LogP contribution in [-0.4, -0.2) is 24.3 Å². The molecule has 0 aliphatic rings. The van der Waals surface area contributed by atoms with Gasteiger partial charge < -0.3 is 10.5 Å². The largest absolute Gasteiger partial charge is 0.464 e. The van der Waals surface area contributed by atoms with Gasteiger partial charge in [0.1, 0.15) is 0 Å². The molecule has 0 rings (SSSR count). The van der Waals surface area contributed by atoms with Crippen LogP contribution in [0.2, 0.25) is 0 Å². The molecule has 0 amide bonds. The van der Waals surface area contributed by atoms with Crippen LogP contribution >= 0.6 is 0 Å². The van der Waals surface area contributed by atoms with E-state index in [1.807, 2.05) is 0 Å². The lowest BCUT2D eigenvalue weighted by Crippen LogP contribution is -2.57. The molecule has 0 saturated carbocycles.